The van der Waals surface area contributed by atoms with Crippen molar-refractivity contribution in [2.75, 3.05) is 26.2 Å². The Kier molecular flexibility index (Phi) is 5.25. The molecule has 0 saturated carbocycles. The molecule has 134 valence electrons. The van der Waals surface area contributed by atoms with Crippen LogP contribution < -0.4 is 0 Å². The van der Waals surface area contributed by atoms with Crippen molar-refractivity contribution >= 4 is 17.2 Å². The fourth-order valence-corrected chi connectivity index (χ4v) is 4.56. The summed E-state index contributed by atoms with van der Waals surface area (Å²) in [5.74, 6) is 0.176. The number of carbonyl (C=O) groups excluding carboxylic acids is 1. The van der Waals surface area contributed by atoms with Gasteiger partial charge in [-0.3, -0.25) is 9.69 Å². The quantitative estimate of drug-likeness (QED) is 0.841. The lowest BCUT2D eigenvalue weighted by atomic mass is 9.98. The summed E-state index contributed by atoms with van der Waals surface area (Å²) in [4.78, 5) is 23.3. The maximum absolute atomic E-state index is 13.0. The van der Waals surface area contributed by atoms with Gasteiger partial charge in [0.15, 0.2) is 0 Å². The molecule has 5 heteroatoms. The van der Waals surface area contributed by atoms with Gasteiger partial charge in [0.25, 0.3) is 5.91 Å². The summed E-state index contributed by atoms with van der Waals surface area (Å²) >= 11 is 1.78. The second-order valence-electron chi connectivity index (χ2n) is 7.09. The van der Waals surface area contributed by atoms with Gasteiger partial charge in [0.1, 0.15) is 5.01 Å². The first-order chi connectivity index (χ1) is 11.8. The number of amides is 1. The molecule has 1 fully saturated rings. The number of benzene rings is 1. The van der Waals surface area contributed by atoms with Crippen molar-refractivity contribution in [1.29, 1.82) is 0 Å². The van der Waals surface area contributed by atoms with Gasteiger partial charge in [0, 0.05) is 36.6 Å². The minimum atomic E-state index is 0.176. The summed E-state index contributed by atoms with van der Waals surface area (Å²) in [5.41, 5.74) is 5.40. The topological polar surface area (TPSA) is 36.4 Å². The lowest BCUT2D eigenvalue weighted by Crippen LogP contribution is -2.48. The molecule has 0 radical (unpaired) electrons. The third-order valence-electron chi connectivity index (χ3n) is 4.98. The lowest BCUT2D eigenvalue weighted by Gasteiger charge is -2.34. The molecule has 25 heavy (non-hydrogen) atoms. The first-order valence-electron chi connectivity index (χ1n) is 8.87. The van der Waals surface area contributed by atoms with Crippen molar-refractivity contribution in [3.63, 3.8) is 0 Å². The fraction of sp³-hybridized carbons (Fsp3) is 0.500. The summed E-state index contributed by atoms with van der Waals surface area (Å²) in [6.07, 6.45) is 0. The number of thiazole rings is 1. The number of hydrogen-bond acceptors (Lipinski definition) is 4. The minimum absolute atomic E-state index is 0.176. The van der Waals surface area contributed by atoms with Gasteiger partial charge in [-0.15, -0.1) is 11.3 Å². The molecule has 2 heterocycles. The van der Waals surface area contributed by atoms with Gasteiger partial charge in [0.05, 0.1) is 12.2 Å². The Morgan fingerprint density at radius 3 is 2.16 bits per heavy atom. The Labute approximate surface area is 154 Å². The van der Waals surface area contributed by atoms with E-state index in [1.165, 1.54) is 15.4 Å². The van der Waals surface area contributed by atoms with Crippen LogP contribution in [-0.2, 0) is 6.54 Å². The van der Waals surface area contributed by atoms with Crippen LogP contribution in [0.25, 0.3) is 0 Å². The summed E-state index contributed by atoms with van der Waals surface area (Å²) in [7, 11) is 0. The zero-order chi connectivity index (χ0) is 18.1. The van der Waals surface area contributed by atoms with Crippen molar-refractivity contribution in [2.45, 2.75) is 41.2 Å². The highest BCUT2D eigenvalue weighted by Gasteiger charge is 2.25. The van der Waals surface area contributed by atoms with Gasteiger partial charge in [-0.1, -0.05) is 17.7 Å². The van der Waals surface area contributed by atoms with E-state index in [0.717, 1.165) is 55.1 Å². The molecule has 0 spiro atoms. The third kappa shape index (κ3) is 3.93. The monoisotopic (exact) mass is 357 g/mol. The Balaban J connectivity index is 1.63. The molecule has 1 aliphatic heterocycles. The molecule has 0 bridgehead atoms. The molecule has 0 atom stereocenters. The highest BCUT2D eigenvalue weighted by atomic mass is 32.1. The summed E-state index contributed by atoms with van der Waals surface area (Å²) < 4.78 is 0. The van der Waals surface area contributed by atoms with E-state index < -0.39 is 0 Å². The predicted molar refractivity (Wildman–Crippen MR) is 103 cm³/mol. The molecule has 0 unspecified atom stereocenters. The van der Waals surface area contributed by atoms with E-state index in [9.17, 15) is 4.79 Å². The van der Waals surface area contributed by atoms with E-state index >= 15 is 0 Å². The van der Waals surface area contributed by atoms with Gasteiger partial charge in [0.2, 0.25) is 0 Å². The van der Waals surface area contributed by atoms with Crippen LogP contribution in [-0.4, -0.2) is 46.9 Å². The summed E-state index contributed by atoms with van der Waals surface area (Å²) in [6.45, 7) is 14.6. The highest BCUT2D eigenvalue weighted by molar-refractivity contribution is 7.11. The Morgan fingerprint density at radius 1 is 1.04 bits per heavy atom. The van der Waals surface area contributed by atoms with E-state index in [0.29, 0.717) is 0 Å². The summed E-state index contributed by atoms with van der Waals surface area (Å²) in [5, 5.41) is 1.18. The van der Waals surface area contributed by atoms with Crippen LogP contribution in [0.5, 0.6) is 0 Å². The molecular weight excluding hydrogens is 330 g/mol. The summed E-state index contributed by atoms with van der Waals surface area (Å²) in [6, 6.07) is 4.20. The lowest BCUT2D eigenvalue weighted by molar-refractivity contribution is 0.0627. The average molecular weight is 358 g/mol. The third-order valence-corrected chi connectivity index (χ3v) is 6.04. The highest BCUT2D eigenvalue weighted by Crippen LogP contribution is 2.21. The van der Waals surface area contributed by atoms with E-state index in [2.05, 4.69) is 42.8 Å². The normalized spacial score (nSPS) is 15.6. The van der Waals surface area contributed by atoms with Gasteiger partial charge < -0.3 is 4.90 Å². The van der Waals surface area contributed by atoms with E-state index in [1.54, 1.807) is 11.3 Å². The number of aryl methyl sites for hydroxylation is 5. The standard InChI is InChI=1S/C20H27N3OS/c1-13-10-14(2)19(15(3)11-13)20(24)23-8-6-22(7-9-23)12-18-21-16(4)17(5)25-18/h10-11H,6-9,12H2,1-5H3. The zero-order valence-corrected chi connectivity index (χ0v) is 16.7. The van der Waals surface area contributed by atoms with Crippen molar-refractivity contribution in [2.24, 2.45) is 0 Å². The van der Waals surface area contributed by atoms with Crippen molar-refractivity contribution in [3.8, 4) is 0 Å². The molecule has 0 N–H and O–H groups in total. The number of nitrogens with zero attached hydrogens (tertiary/aromatic N) is 3. The molecule has 1 saturated heterocycles. The van der Waals surface area contributed by atoms with Crippen LogP contribution in [0.3, 0.4) is 0 Å². The van der Waals surface area contributed by atoms with Crippen LogP contribution >= 0.6 is 11.3 Å². The van der Waals surface area contributed by atoms with Crippen LogP contribution in [0.1, 0.15) is 42.6 Å². The fourth-order valence-electron chi connectivity index (χ4n) is 3.58. The molecule has 1 aliphatic rings. The molecular formula is C20H27N3OS. The van der Waals surface area contributed by atoms with E-state index in [-0.39, 0.29) is 5.91 Å². The number of carbonyl (C=O) groups is 1. The maximum Gasteiger partial charge on any atom is 0.254 e. The minimum Gasteiger partial charge on any atom is -0.336 e. The van der Waals surface area contributed by atoms with Crippen LogP contribution in [0.15, 0.2) is 12.1 Å². The number of hydrogen-bond donors (Lipinski definition) is 0. The molecule has 1 aromatic carbocycles. The largest absolute Gasteiger partial charge is 0.336 e. The molecule has 3 rings (SSSR count). The van der Waals surface area contributed by atoms with Crippen molar-refractivity contribution in [3.05, 3.63) is 50.0 Å². The number of aromatic nitrogens is 1. The number of rotatable bonds is 3. The molecule has 2 aromatic rings. The van der Waals surface area contributed by atoms with Crippen molar-refractivity contribution in [1.82, 2.24) is 14.8 Å². The Bertz CT molecular complexity index is 746. The van der Waals surface area contributed by atoms with E-state index in [4.69, 9.17) is 0 Å². The smallest absolute Gasteiger partial charge is 0.254 e. The molecule has 0 aliphatic carbocycles. The average Bonchev–Trinajstić information content (AvgIpc) is 2.84. The molecule has 4 nitrogen and oxygen atoms in total. The SMILES string of the molecule is Cc1cc(C)c(C(=O)N2CCN(Cc3nc(C)c(C)s3)CC2)c(C)c1. The maximum atomic E-state index is 13.0. The first kappa shape index (κ1) is 18.1. The number of piperazine rings is 1. The molecule has 1 amide bonds. The second kappa shape index (κ2) is 7.26. The first-order valence-corrected chi connectivity index (χ1v) is 9.69. The van der Waals surface area contributed by atoms with E-state index in [1.807, 2.05) is 18.7 Å². The van der Waals surface area contributed by atoms with Gasteiger partial charge in [-0.05, 0) is 45.7 Å². The van der Waals surface area contributed by atoms with Crippen molar-refractivity contribution < 1.29 is 4.79 Å². The Morgan fingerprint density at radius 2 is 1.64 bits per heavy atom. The van der Waals surface area contributed by atoms with Gasteiger partial charge in [-0.2, -0.15) is 0 Å². The van der Waals surface area contributed by atoms with Gasteiger partial charge in [-0.25, -0.2) is 4.98 Å². The van der Waals surface area contributed by atoms with Crippen LogP contribution in [0.2, 0.25) is 0 Å². The van der Waals surface area contributed by atoms with Gasteiger partial charge >= 0.3 is 0 Å². The van der Waals surface area contributed by atoms with Crippen LogP contribution in [0, 0.1) is 34.6 Å². The molecule has 1 aromatic heterocycles. The Hall–Kier alpha value is -1.72. The van der Waals surface area contributed by atoms with Crippen LogP contribution in [0.4, 0.5) is 0 Å². The second-order valence-corrected chi connectivity index (χ2v) is 8.38. The zero-order valence-electron chi connectivity index (χ0n) is 15.8. The predicted octanol–water partition coefficient (Wildman–Crippen LogP) is 3.64.